The number of fused-ring (bicyclic) bond motifs is 1. The van der Waals surface area contributed by atoms with Crippen molar-refractivity contribution >= 4 is 0 Å². The Hall–Kier alpha value is -1.98. The van der Waals surface area contributed by atoms with Crippen LogP contribution in [-0.4, -0.2) is 46.0 Å². The van der Waals surface area contributed by atoms with Gasteiger partial charge >= 0.3 is 0 Å². The monoisotopic (exact) mass is 380 g/mol. The quantitative estimate of drug-likeness (QED) is 0.785. The first kappa shape index (κ1) is 19.3. The SMILES string of the molecule is CC(C)Oc1ccc(CN2CCCC[C@@H]2c2ncc3c(n2)CCN(C)C3)cc1. The van der Waals surface area contributed by atoms with Gasteiger partial charge in [0, 0.05) is 43.5 Å². The molecule has 0 unspecified atom stereocenters. The third kappa shape index (κ3) is 4.53. The predicted octanol–water partition coefficient (Wildman–Crippen LogP) is 3.98. The second kappa shape index (κ2) is 8.58. The summed E-state index contributed by atoms with van der Waals surface area (Å²) in [7, 11) is 2.16. The first-order valence-corrected chi connectivity index (χ1v) is 10.6. The molecule has 1 aromatic heterocycles. The van der Waals surface area contributed by atoms with E-state index < -0.39 is 0 Å². The van der Waals surface area contributed by atoms with E-state index in [-0.39, 0.29) is 6.10 Å². The lowest BCUT2D eigenvalue weighted by molar-refractivity contribution is 0.133. The van der Waals surface area contributed by atoms with Gasteiger partial charge < -0.3 is 9.64 Å². The molecule has 0 bridgehead atoms. The summed E-state index contributed by atoms with van der Waals surface area (Å²) >= 11 is 0. The van der Waals surface area contributed by atoms with Crippen LogP contribution in [0.4, 0.5) is 0 Å². The molecule has 2 aromatic rings. The number of benzene rings is 1. The maximum atomic E-state index is 5.77. The first-order chi connectivity index (χ1) is 13.6. The molecule has 2 aliphatic rings. The molecule has 0 N–H and O–H groups in total. The molecule has 0 saturated carbocycles. The molecule has 3 heterocycles. The topological polar surface area (TPSA) is 41.5 Å². The van der Waals surface area contributed by atoms with Gasteiger partial charge in [-0.25, -0.2) is 9.97 Å². The van der Waals surface area contributed by atoms with E-state index in [0.29, 0.717) is 6.04 Å². The smallest absolute Gasteiger partial charge is 0.145 e. The summed E-state index contributed by atoms with van der Waals surface area (Å²) in [6, 6.07) is 8.87. The van der Waals surface area contributed by atoms with Crippen LogP contribution in [0.25, 0.3) is 0 Å². The van der Waals surface area contributed by atoms with Gasteiger partial charge in [-0.3, -0.25) is 4.90 Å². The molecule has 5 nitrogen and oxygen atoms in total. The second-order valence-corrected chi connectivity index (χ2v) is 8.48. The van der Waals surface area contributed by atoms with E-state index in [1.54, 1.807) is 0 Å². The minimum Gasteiger partial charge on any atom is -0.491 e. The average molecular weight is 381 g/mol. The Bertz CT molecular complexity index is 790. The van der Waals surface area contributed by atoms with Crippen molar-refractivity contribution in [1.82, 2.24) is 19.8 Å². The van der Waals surface area contributed by atoms with Gasteiger partial charge in [-0.15, -0.1) is 0 Å². The van der Waals surface area contributed by atoms with Crippen molar-refractivity contribution in [3.8, 4) is 5.75 Å². The summed E-state index contributed by atoms with van der Waals surface area (Å²) in [6.07, 6.45) is 6.96. The van der Waals surface area contributed by atoms with Crippen LogP contribution in [-0.2, 0) is 19.5 Å². The van der Waals surface area contributed by atoms with Crippen LogP contribution >= 0.6 is 0 Å². The number of rotatable bonds is 5. The highest BCUT2D eigenvalue weighted by Crippen LogP contribution is 2.31. The van der Waals surface area contributed by atoms with Gasteiger partial charge in [0.2, 0.25) is 0 Å². The molecule has 0 amide bonds. The molecule has 1 saturated heterocycles. The van der Waals surface area contributed by atoms with Gasteiger partial charge in [-0.2, -0.15) is 0 Å². The molecule has 4 rings (SSSR count). The number of piperidine rings is 1. The highest BCUT2D eigenvalue weighted by Gasteiger charge is 2.27. The van der Waals surface area contributed by atoms with Crippen LogP contribution in [0.5, 0.6) is 5.75 Å². The minimum atomic E-state index is 0.207. The van der Waals surface area contributed by atoms with Crippen molar-refractivity contribution in [2.24, 2.45) is 0 Å². The summed E-state index contributed by atoms with van der Waals surface area (Å²) in [4.78, 5) is 14.7. The maximum Gasteiger partial charge on any atom is 0.145 e. The fraction of sp³-hybridized carbons (Fsp3) is 0.565. The predicted molar refractivity (Wildman–Crippen MR) is 111 cm³/mol. The van der Waals surface area contributed by atoms with Gasteiger partial charge in [0.25, 0.3) is 0 Å². The summed E-state index contributed by atoms with van der Waals surface area (Å²) in [5, 5.41) is 0. The van der Waals surface area contributed by atoms with E-state index in [1.165, 1.54) is 29.7 Å². The standard InChI is InChI=1S/C23H32N4O/c1-17(2)28-20-9-7-18(8-10-20)15-27-12-5-4-6-22(27)23-24-14-19-16-26(3)13-11-21(19)25-23/h7-10,14,17,22H,4-6,11-13,15-16H2,1-3H3/t22-/m1/s1. The Kier molecular flexibility index (Phi) is 5.93. The highest BCUT2D eigenvalue weighted by atomic mass is 16.5. The summed E-state index contributed by atoms with van der Waals surface area (Å²) in [6.45, 7) is 8.22. The van der Waals surface area contributed by atoms with E-state index in [2.05, 4.69) is 61.2 Å². The summed E-state index contributed by atoms with van der Waals surface area (Å²) in [5.41, 5.74) is 3.87. The molecule has 5 heteroatoms. The Morgan fingerprint density at radius 1 is 1.14 bits per heavy atom. The first-order valence-electron chi connectivity index (χ1n) is 10.6. The van der Waals surface area contributed by atoms with Gasteiger partial charge in [0.05, 0.1) is 12.1 Å². The molecule has 0 spiro atoms. The zero-order valence-electron chi connectivity index (χ0n) is 17.4. The van der Waals surface area contributed by atoms with Gasteiger partial charge in [-0.1, -0.05) is 18.6 Å². The highest BCUT2D eigenvalue weighted by molar-refractivity contribution is 5.28. The van der Waals surface area contributed by atoms with Crippen molar-refractivity contribution in [2.75, 3.05) is 20.1 Å². The largest absolute Gasteiger partial charge is 0.491 e. The van der Waals surface area contributed by atoms with Gasteiger partial charge in [0.15, 0.2) is 0 Å². The molecule has 0 aliphatic carbocycles. The molecule has 1 fully saturated rings. The van der Waals surface area contributed by atoms with Crippen LogP contribution in [0.1, 0.15) is 61.8 Å². The van der Waals surface area contributed by atoms with E-state index in [1.807, 2.05) is 0 Å². The number of hydrogen-bond acceptors (Lipinski definition) is 5. The summed E-state index contributed by atoms with van der Waals surface area (Å²) in [5.74, 6) is 1.96. The van der Waals surface area contributed by atoms with Gasteiger partial charge in [-0.05, 0) is 58.0 Å². The Labute approximate surface area is 168 Å². The van der Waals surface area contributed by atoms with Crippen molar-refractivity contribution in [3.05, 3.63) is 53.1 Å². The third-order valence-corrected chi connectivity index (χ3v) is 5.74. The number of likely N-dealkylation sites (tertiary alicyclic amines) is 1. The van der Waals surface area contributed by atoms with Crippen molar-refractivity contribution < 1.29 is 4.74 Å². The number of ether oxygens (including phenoxy) is 1. The minimum absolute atomic E-state index is 0.207. The number of aromatic nitrogens is 2. The normalized spacial score (nSPS) is 20.9. The van der Waals surface area contributed by atoms with Crippen LogP contribution in [0.15, 0.2) is 30.5 Å². The van der Waals surface area contributed by atoms with Crippen molar-refractivity contribution in [3.63, 3.8) is 0 Å². The third-order valence-electron chi connectivity index (χ3n) is 5.74. The Balaban J connectivity index is 1.49. The molecular weight excluding hydrogens is 348 g/mol. The lowest BCUT2D eigenvalue weighted by Gasteiger charge is -2.35. The Morgan fingerprint density at radius 2 is 1.96 bits per heavy atom. The molecule has 0 radical (unpaired) electrons. The van der Waals surface area contributed by atoms with E-state index in [0.717, 1.165) is 50.6 Å². The average Bonchev–Trinajstić information content (AvgIpc) is 2.69. The molecular formula is C23H32N4O. The summed E-state index contributed by atoms with van der Waals surface area (Å²) < 4.78 is 5.77. The fourth-order valence-electron chi connectivity index (χ4n) is 4.29. The van der Waals surface area contributed by atoms with Crippen molar-refractivity contribution in [2.45, 2.75) is 64.8 Å². The van der Waals surface area contributed by atoms with E-state index in [9.17, 15) is 0 Å². The second-order valence-electron chi connectivity index (χ2n) is 8.48. The van der Waals surface area contributed by atoms with Crippen LogP contribution < -0.4 is 4.74 Å². The lowest BCUT2D eigenvalue weighted by atomic mass is 9.99. The number of likely N-dealkylation sites (N-methyl/N-ethyl adjacent to an activating group) is 1. The van der Waals surface area contributed by atoms with Crippen LogP contribution in [0, 0.1) is 0 Å². The van der Waals surface area contributed by atoms with Crippen LogP contribution in [0.3, 0.4) is 0 Å². The molecule has 1 aromatic carbocycles. The molecule has 2 aliphatic heterocycles. The van der Waals surface area contributed by atoms with E-state index in [4.69, 9.17) is 14.7 Å². The van der Waals surface area contributed by atoms with Gasteiger partial charge in [0.1, 0.15) is 11.6 Å². The lowest BCUT2D eigenvalue weighted by Crippen LogP contribution is -2.35. The molecule has 150 valence electrons. The Morgan fingerprint density at radius 3 is 2.75 bits per heavy atom. The zero-order valence-corrected chi connectivity index (χ0v) is 17.4. The van der Waals surface area contributed by atoms with Crippen LogP contribution in [0.2, 0.25) is 0 Å². The fourth-order valence-corrected chi connectivity index (χ4v) is 4.29. The maximum absolute atomic E-state index is 5.77. The number of nitrogens with zero attached hydrogens (tertiary/aromatic N) is 4. The molecule has 1 atom stereocenters. The van der Waals surface area contributed by atoms with Crippen molar-refractivity contribution in [1.29, 1.82) is 0 Å². The zero-order chi connectivity index (χ0) is 19.5. The van der Waals surface area contributed by atoms with E-state index >= 15 is 0 Å². The number of hydrogen-bond donors (Lipinski definition) is 0. The molecule has 28 heavy (non-hydrogen) atoms.